The zero-order valence-electron chi connectivity index (χ0n) is 13.4. The highest BCUT2D eigenvalue weighted by Crippen LogP contribution is 2.22. The standard InChI is InChI=1S/C16H26N4O.HI/c1-13-7-10-20(11-8-13)12-9-18-16(17)19-14-5-3-4-6-15(14)21-2;/h3-6,13H,7-12H2,1-2H3,(H3,17,18,19);1H. The van der Waals surface area contributed by atoms with Crippen LogP contribution in [-0.4, -0.2) is 44.1 Å². The van der Waals surface area contributed by atoms with E-state index in [9.17, 15) is 0 Å². The van der Waals surface area contributed by atoms with Crippen molar-refractivity contribution in [2.24, 2.45) is 16.6 Å². The quantitative estimate of drug-likeness (QED) is 0.439. The summed E-state index contributed by atoms with van der Waals surface area (Å²) in [4.78, 5) is 6.85. The van der Waals surface area contributed by atoms with E-state index in [0.29, 0.717) is 5.96 Å². The number of ether oxygens (including phenoxy) is 1. The molecule has 6 heteroatoms. The van der Waals surface area contributed by atoms with Crippen LogP contribution in [0.5, 0.6) is 5.75 Å². The van der Waals surface area contributed by atoms with Crippen LogP contribution in [-0.2, 0) is 0 Å². The lowest BCUT2D eigenvalue weighted by Crippen LogP contribution is -2.35. The van der Waals surface area contributed by atoms with Crippen molar-refractivity contribution in [3.05, 3.63) is 24.3 Å². The molecule has 0 bridgehead atoms. The third-order valence-corrected chi connectivity index (χ3v) is 3.94. The van der Waals surface area contributed by atoms with Crippen molar-refractivity contribution in [1.29, 1.82) is 0 Å². The molecule has 1 heterocycles. The number of nitrogens with two attached hydrogens (primary N) is 1. The zero-order chi connectivity index (χ0) is 15.1. The van der Waals surface area contributed by atoms with Crippen molar-refractivity contribution in [3.8, 4) is 5.75 Å². The van der Waals surface area contributed by atoms with E-state index < -0.39 is 0 Å². The zero-order valence-corrected chi connectivity index (χ0v) is 15.7. The summed E-state index contributed by atoms with van der Waals surface area (Å²) >= 11 is 0. The maximum absolute atomic E-state index is 5.93. The fourth-order valence-electron chi connectivity index (χ4n) is 2.52. The van der Waals surface area contributed by atoms with Crippen molar-refractivity contribution in [3.63, 3.8) is 0 Å². The Morgan fingerprint density at radius 3 is 2.73 bits per heavy atom. The number of likely N-dealkylation sites (tertiary alicyclic amines) is 1. The highest BCUT2D eigenvalue weighted by atomic mass is 127. The Morgan fingerprint density at radius 1 is 1.36 bits per heavy atom. The molecular weight excluding hydrogens is 391 g/mol. The second kappa shape index (κ2) is 9.89. The van der Waals surface area contributed by atoms with E-state index in [2.05, 4.69) is 22.1 Å². The molecule has 5 nitrogen and oxygen atoms in total. The molecule has 124 valence electrons. The van der Waals surface area contributed by atoms with E-state index in [1.165, 1.54) is 25.9 Å². The number of rotatable bonds is 5. The van der Waals surface area contributed by atoms with Crippen LogP contribution in [0.25, 0.3) is 0 Å². The van der Waals surface area contributed by atoms with E-state index in [1.807, 2.05) is 24.3 Å². The number of guanidine groups is 1. The Kier molecular flexibility index (Phi) is 8.55. The van der Waals surface area contributed by atoms with Crippen LogP contribution in [0.2, 0.25) is 0 Å². The number of aliphatic imine (C=N–C) groups is 1. The number of methoxy groups -OCH3 is 1. The first-order valence-electron chi connectivity index (χ1n) is 7.61. The molecule has 0 unspecified atom stereocenters. The van der Waals surface area contributed by atoms with Crippen LogP contribution in [0.4, 0.5) is 5.69 Å². The molecule has 0 aromatic heterocycles. The summed E-state index contributed by atoms with van der Waals surface area (Å²) < 4.78 is 5.27. The minimum Gasteiger partial charge on any atom is -0.495 e. The number of piperidine rings is 1. The third kappa shape index (κ3) is 6.00. The molecule has 2 rings (SSSR count). The van der Waals surface area contributed by atoms with Crippen molar-refractivity contribution >= 4 is 35.6 Å². The molecule has 0 spiro atoms. The van der Waals surface area contributed by atoms with Gasteiger partial charge in [0.15, 0.2) is 5.96 Å². The average Bonchev–Trinajstić information content (AvgIpc) is 2.50. The second-order valence-corrected chi connectivity index (χ2v) is 5.62. The van der Waals surface area contributed by atoms with Gasteiger partial charge in [-0.05, 0) is 44.0 Å². The Hall–Kier alpha value is -1.02. The van der Waals surface area contributed by atoms with Crippen LogP contribution < -0.4 is 15.8 Å². The molecule has 1 fully saturated rings. The number of halogens is 1. The lowest BCUT2D eigenvalue weighted by atomic mass is 9.99. The molecule has 1 saturated heterocycles. The van der Waals surface area contributed by atoms with E-state index in [4.69, 9.17) is 10.5 Å². The molecule has 1 aliphatic rings. The van der Waals surface area contributed by atoms with Gasteiger partial charge in [-0.15, -0.1) is 24.0 Å². The van der Waals surface area contributed by atoms with Gasteiger partial charge in [-0.3, -0.25) is 4.99 Å². The first-order chi connectivity index (χ1) is 10.2. The number of anilines is 1. The topological polar surface area (TPSA) is 62.9 Å². The van der Waals surface area contributed by atoms with Crippen molar-refractivity contribution in [2.45, 2.75) is 19.8 Å². The van der Waals surface area contributed by atoms with E-state index in [1.54, 1.807) is 7.11 Å². The number of nitrogens with zero attached hydrogens (tertiary/aromatic N) is 2. The van der Waals surface area contributed by atoms with Gasteiger partial charge in [-0.1, -0.05) is 19.1 Å². The van der Waals surface area contributed by atoms with Crippen molar-refractivity contribution < 1.29 is 4.74 Å². The van der Waals surface area contributed by atoms with Gasteiger partial charge < -0.3 is 20.7 Å². The summed E-state index contributed by atoms with van der Waals surface area (Å²) in [6, 6.07) is 7.68. The Bertz CT molecular complexity index is 473. The monoisotopic (exact) mass is 418 g/mol. The predicted molar refractivity (Wildman–Crippen MR) is 103 cm³/mol. The van der Waals surface area contributed by atoms with Gasteiger partial charge >= 0.3 is 0 Å². The minimum absolute atomic E-state index is 0. The third-order valence-electron chi connectivity index (χ3n) is 3.94. The molecule has 22 heavy (non-hydrogen) atoms. The number of hydrogen-bond donors (Lipinski definition) is 2. The Balaban J connectivity index is 0.00000242. The first kappa shape index (κ1) is 19.0. The Labute approximate surface area is 150 Å². The second-order valence-electron chi connectivity index (χ2n) is 5.62. The fourth-order valence-corrected chi connectivity index (χ4v) is 2.52. The SMILES string of the molecule is COc1ccccc1NC(N)=NCCN1CCC(C)CC1.I. The minimum atomic E-state index is 0. The molecule has 1 aliphatic heterocycles. The summed E-state index contributed by atoms with van der Waals surface area (Å²) in [5.41, 5.74) is 6.77. The maximum Gasteiger partial charge on any atom is 0.193 e. The summed E-state index contributed by atoms with van der Waals surface area (Å²) in [5, 5.41) is 3.09. The lowest BCUT2D eigenvalue weighted by molar-refractivity contribution is 0.197. The highest BCUT2D eigenvalue weighted by molar-refractivity contribution is 14.0. The van der Waals surface area contributed by atoms with Gasteiger partial charge in [0.05, 0.1) is 19.3 Å². The van der Waals surface area contributed by atoms with Gasteiger partial charge in [0.1, 0.15) is 5.75 Å². The van der Waals surface area contributed by atoms with Crippen LogP contribution in [0.15, 0.2) is 29.3 Å². The molecule has 0 atom stereocenters. The van der Waals surface area contributed by atoms with E-state index in [0.717, 1.165) is 30.4 Å². The molecule has 3 N–H and O–H groups in total. The predicted octanol–water partition coefficient (Wildman–Crippen LogP) is 2.77. The van der Waals surface area contributed by atoms with E-state index >= 15 is 0 Å². The Morgan fingerprint density at radius 2 is 2.05 bits per heavy atom. The molecule has 0 saturated carbocycles. The van der Waals surface area contributed by atoms with Gasteiger partial charge in [-0.25, -0.2) is 0 Å². The fraction of sp³-hybridized carbons (Fsp3) is 0.562. The van der Waals surface area contributed by atoms with Crippen LogP contribution in [0, 0.1) is 5.92 Å². The molecular formula is C16H27IN4O. The highest BCUT2D eigenvalue weighted by Gasteiger charge is 2.14. The van der Waals surface area contributed by atoms with Crippen LogP contribution in [0.1, 0.15) is 19.8 Å². The van der Waals surface area contributed by atoms with Gasteiger partial charge in [0.2, 0.25) is 0 Å². The summed E-state index contributed by atoms with van der Waals surface area (Å²) in [6.45, 7) is 6.38. The molecule has 1 aromatic rings. The molecule has 1 aromatic carbocycles. The summed E-state index contributed by atoms with van der Waals surface area (Å²) in [7, 11) is 1.64. The molecule has 0 aliphatic carbocycles. The van der Waals surface area contributed by atoms with Gasteiger partial charge in [0.25, 0.3) is 0 Å². The number of hydrogen-bond acceptors (Lipinski definition) is 3. The molecule has 0 radical (unpaired) electrons. The first-order valence-corrected chi connectivity index (χ1v) is 7.61. The van der Waals surface area contributed by atoms with Gasteiger partial charge in [-0.2, -0.15) is 0 Å². The molecule has 0 amide bonds. The number of para-hydroxylation sites is 2. The summed E-state index contributed by atoms with van der Waals surface area (Å²) in [5.74, 6) is 2.06. The van der Waals surface area contributed by atoms with Gasteiger partial charge in [0, 0.05) is 6.54 Å². The van der Waals surface area contributed by atoms with Crippen molar-refractivity contribution in [2.75, 3.05) is 38.6 Å². The maximum atomic E-state index is 5.93. The summed E-state index contributed by atoms with van der Waals surface area (Å²) in [6.07, 6.45) is 2.58. The smallest absolute Gasteiger partial charge is 0.193 e. The largest absolute Gasteiger partial charge is 0.495 e. The van der Waals surface area contributed by atoms with E-state index in [-0.39, 0.29) is 24.0 Å². The number of nitrogens with one attached hydrogen (secondary N) is 1. The van der Waals surface area contributed by atoms with Crippen LogP contribution in [0.3, 0.4) is 0 Å². The van der Waals surface area contributed by atoms with Crippen LogP contribution >= 0.6 is 24.0 Å². The average molecular weight is 418 g/mol. The van der Waals surface area contributed by atoms with Crippen molar-refractivity contribution in [1.82, 2.24) is 4.90 Å². The normalized spacial score (nSPS) is 16.9. The number of benzene rings is 1. The lowest BCUT2D eigenvalue weighted by Gasteiger charge is -2.29.